The molecule has 20 heavy (non-hydrogen) atoms. The molecule has 3 atom stereocenters. The molecule has 7 nitrogen and oxygen atoms in total. The smallest absolute Gasteiger partial charge is 0.318 e. The molecular formula is C13H18N4O3. The number of nitrogens with one attached hydrogen (secondary N) is 1. The number of rotatable bonds is 3. The van der Waals surface area contributed by atoms with E-state index in [-0.39, 0.29) is 18.1 Å². The molecule has 3 heterocycles. The molecule has 2 N–H and O–H groups in total. The average Bonchev–Trinajstić information content (AvgIpc) is 3.09. The van der Waals surface area contributed by atoms with Crippen LogP contribution in [0.1, 0.15) is 25.0 Å². The molecule has 0 aromatic carbocycles. The number of urea groups is 1. The second kappa shape index (κ2) is 4.81. The van der Waals surface area contributed by atoms with Crippen LogP contribution in [0.15, 0.2) is 12.3 Å². The number of hydrogen-bond donors (Lipinski definition) is 2. The van der Waals surface area contributed by atoms with Crippen LogP contribution in [-0.2, 0) is 18.4 Å². The van der Waals surface area contributed by atoms with E-state index in [1.807, 2.05) is 13.1 Å². The van der Waals surface area contributed by atoms with Crippen molar-refractivity contribution in [2.45, 2.75) is 37.9 Å². The lowest BCUT2D eigenvalue weighted by Crippen LogP contribution is -2.44. The van der Waals surface area contributed by atoms with Gasteiger partial charge in [-0.2, -0.15) is 5.10 Å². The highest BCUT2D eigenvalue weighted by molar-refractivity contribution is 5.79. The molecule has 2 aliphatic heterocycles. The van der Waals surface area contributed by atoms with Crippen LogP contribution in [0.2, 0.25) is 0 Å². The van der Waals surface area contributed by atoms with Crippen molar-refractivity contribution >= 4 is 12.0 Å². The van der Waals surface area contributed by atoms with Crippen molar-refractivity contribution in [3.05, 3.63) is 18.0 Å². The number of hydrogen-bond acceptors (Lipinski definition) is 3. The van der Waals surface area contributed by atoms with Gasteiger partial charge in [0.2, 0.25) is 0 Å². The Morgan fingerprint density at radius 3 is 2.90 bits per heavy atom. The fourth-order valence-electron chi connectivity index (χ4n) is 3.40. The van der Waals surface area contributed by atoms with Gasteiger partial charge in [0.15, 0.2) is 0 Å². The number of nitrogens with zero attached hydrogens (tertiary/aromatic N) is 3. The van der Waals surface area contributed by atoms with Gasteiger partial charge in [0.1, 0.15) is 0 Å². The summed E-state index contributed by atoms with van der Waals surface area (Å²) in [6, 6.07) is 1.61. The summed E-state index contributed by atoms with van der Waals surface area (Å²) in [4.78, 5) is 25.2. The molecule has 0 spiro atoms. The minimum atomic E-state index is -0.790. The van der Waals surface area contributed by atoms with E-state index in [0.29, 0.717) is 13.0 Å². The Balaban J connectivity index is 1.64. The van der Waals surface area contributed by atoms with Gasteiger partial charge in [-0.15, -0.1) is 0 Å². The second-order valence-electron chi connectivity index (χ2n) is 5.49. The fraction of sp³-hybridized carbons (Fsp3) is 0.615. The molecular weight excluding hydrogens is 260 g/mol. The van der Waals surface area contributed by atoms with E-state index >= 15 is 0 Å². The van der Waals surface area contributed by atoms with Crippen LogP contribution in [-0.4, -0.2) is 43.9 Å². The number of carboxylic acids is 1. The first-order chi connectivity index (χ1) is 9.58. The lowest BCUT2D eigenvalue weighted by atomic mass is 9.89. The molecule has 108 valence electrons. The zero-order valence-electron chi connectivity index (χ0n) is 11.3. The van der Waals surface area contributed by atoms with Gasteiger partial charge in [-0.1, -0.05) is 0 Å². The summed E-state index contributed by atoms with van der Waals surface area (Å²) in [6.45, 7) is 0.406. The summed E-state index contributed by atoms with van der Waals surface area (Å²) < 4.78 is 1.71. The van der Waals surface area contributed by atoms with Crippen LogP contribution in [0.3, 0.4) is 0 Å². The largest absolute Gasteiger partial charge is 0.481 e. The molecule has 3 rings (SSSR count). The maximum Gasteiger partial charge on any atom is 0.318 e. The van der Waals surface area contributed by atoms with E-state index in [2.05, 4.69) is 10.4 Å². The number of fused-ring (bicyclic) bond motifs is 2. The van der Waals surface area contributed by atoms with E-state index in [1.54, 1.807) is 15.8 Å². The SMILES string of the molecule is Cn1nccc1CNC(=O)N1C2CCC1C(C(=O)O)C2. The lowest BCUT2D eigenvalue weighted by molar-refractivity contribution is -0.142. The van der Waals surface area contributed by atoms with Crippen LogP contribution in [0.4, 0.5) is 4.79 Å². The predicted molar refractivity (Wildman–Crippen MR) is 69.8 cm³/mol. The molecule has 2 bridgehead atoms. The number of carboxylic acid groups (broad SMARTS) is 1. The van der Waals surface area contributed by atoms with E-state index in [1.165, 1.54) is 0 Å². The van der Waals surface area contributed by atoms with Gasteiger partial charge in [-0.3, -0.25) is 9.48 Å². The van der Waals surface area contributed by atoms with Gasteiger partial charge in [-0.05, 0) is 25.3 Å². The van der Waals surface area contributed by atoms with E-state index in [9.17, 15) is 14.7 Å². The summed E-state index contributed by atoms with van der Waals surface area (Å²) >= 11 is 0. The summed E-state index contributed by atoms with van der Waals surface area (Å²) in [5.74, 6) is -1.20. The van der Waals surface area contributed by atoms with Crippen LogP contribution in [0.5, 0.6) is 0 Å². The zero-order valence-corrected chi connectivity index (χ0v) is 11.3. The van der Waals surface area contributed by atoms with Crippen molar-refractivity contribution in [2.75, 3.05) is 0 Å². The third-order valence-corrected chi connectivity index (χ3v) is 4.43. The Morgan fingerprint density at radius 2 is 2.30 bits per heavy atom. The molecule has 2 amide bonds. The Morgan fingerprint density at radius 1 is 1.50 bits per heavy atom. The minimum Gasteiger partial charge on any atom is -0.481 e. The summed E-state index contributed by atoms with van der Waals surface area (Å²) in [7, 11) is 1.82. The molecule has 1 aromatic rings. The van der Waals surface area contributed by atoms with Crippen molar-refractivity contribution in [2.24, 2.45) is 13.0 Å². The molecule has 0 aliphatic carbocycles. The lowest BCUT2D eigenvalue weighted by Gasteiger charge is -2.23. The fourth-order valence-corrected chi connectivity index (χ4v) is 3.40. The second-order valence-corrected chi connectivity index (χ2v) is 5.49. The minimum absolute atomic E-state index is 0.0765. The maximum absolute atomic E-state index is 12.3. The zero-order chi connectivity index (χ0) is 14.3. The van der Waals surface area contributed by atoms with Crippen molar-refractivity contribution in [1.29, 1.82) is 0 Å². The van der Waals surface area contributed by atoms with Gasteiger partial charge in [-0.25, -0.2) is 4.79 Å². The quantitative estimate of drug-likeness (QED) is 0.846. The molecule has 1 aromatic heterocycles. The summed E-state index contributed by atoms with van der Waals surface area (Å²) in [5.41, 5.74) is 0.916. The Hall–Kier alpha value is -2.05. The first kappa shape index (κ1) is 13.0. The molecule has 2 saturated heterocycles. The number of aryl methyl sites for hydroxylation is 1. The molecule has 0 radical (unpaired) electrons. The third-order valence-electron chi connectivity index (χ3n) is 4.43. The highest BCUT2D eigenvalue weighted by Gasteiger charge is 2.51. The normalized spacial score (nSPS) is 27.9. The Kier molecular flexibility index (Phi) is 3.11. The molecule has 3 unspecified atom stereocenters. The van der Waals surface area contributed by atoms with Crippen LogP contribution >= 0.6 is 0 Å². The predicted octanol–water partition coefficient (Wildman–Crippen LogP) is 0.567. The van der Waals surface area contributed by atoms with E-state index < -0.39 is 11.9 Å². The van der Waals surface area contributed by atoms with E-state index in [4.69, 9.17) is 0 Å². The molecule has 2 aliphatic rings. The van der Waals surface area contributed by atoms with Gasteiger partial charge >= 0.3 is 12.0 Å². The number of aromatic nitrogens is 2. The maximum atomic E-state index is 12.3. The Labute approximate surface area is 116 Å². The summed E-state index contributed by atoms with van der Waals surface area (Å²) in [6.07, 6.45) is 3.97. The van der Waals surface area contributed by atoms with Crippen LogP contribution in [0, 0.1) is 5.92 Å². The molecule has 7 heteroatoms. The standard InChI is InChI=1S/C13H18N4O3/c1-16-9(4-5-15-16)7-14-13(20)17-8-2-3-11(17)10(6-8)12(18)19/h4-5,8,10-11H,2-3,6-7H2,1H3,(H,14,20)(H,18,19). The number of carbonyl (C=O) groups is 2. The van der Waals surface area contributed by atoms with Gasteiger partial charge in [0.25, 0.3) is 0 Å². The first-order valence-electron chi connectivity index (χ1n) is 6.83. The third kappa shape index (κ3) is 2.03. The van der Waals surface area contributed by atoms with Gasteiger partial charge in [0, 0.05) is 25.3 Å². The number of carbonyl (C=O) groups excluding carboxylic acids is 1. The Bertz CT molecular complexity index is 541. The average molecular weight is 278 g/mol. The van der Waals surface area contributed by atoms with Crippen molar-refractivity contribution in [3.63, 3.8) is 0 Å². The van der Waals surface area contributed by atoms with Crippen LogP contribution < -0.4 is 5.32 Å². The molecule has 2 fully saturated rings. The first-order valence-corrected chi connectivity index (χ1v) is 6.83. The molecule has 0 saturated carbocycles. The number of amides is 2. The van der Waals surface area contributed by atoms with Gasteiger partial charge in [0.05, 0.1) is 18.2 Å². The van der Waals surface area contributed by atoms with Crippen LogP contribution in [0.25, 0.3) is 0 Å². The van der Waals surface area contributed by atoms with Crippen molar-refractivity contribution in [1.82, 2.24) is 20.0 Å². The van der Waals surface area contributed by atoms with Gasteiger partial charge < -0.3 is 15.3 Å². The number of aliphatic carboxylic acids is 1. The highest BCUT2D eigenvalue weighted by atomic mass is 16.4. The monoisotopic (exact) mass is 278 g/mol. The highest BCUT2D eigenvalue weighted by Crippen LogP contribution is 2.41. The van der Waals surface area contributed by atoms with Crippen molar-refractivity contribution < 1.29 is 14.7 Å². The van der Waals surface area contributed by atoms with E-state index in [0.717, 1.165) is 18.5 Å². The van der Waals surface area contributed by atoms with Crippen molar-refractivity contribution in [3.8, 4) is 0 Å². The summed E-state index contributed by atoms with van der Waals surface area (Å²) in [5, 5.41) is 16.1. The topological polar surface area (TPSA) is 87.5 Å².